The van der Waals surface area contributed by atoms with Gasteiger partial charge in [0.1, 0.15) is 0 Å². The van der Waals surface area contributed by atoms with Crippen LogP contribution in [0.15, 0.2) is 9.40 Å². The van der Waals surface area contributed by atoms with Crippen molar-refractivity contribution in [3.8, 4) is 0 Å². The fourth-order valence-electron chi connectivity index (χ4n) is 0.0850. The molecule has 10 heteroatoms. The molecule has 0 spiro atoms. The first-order chi connectivity index (χ1) is 4.21. The molecule has 0 aromatic carbocycles. The number of hydrogen-bond donors (Lipinski definition) is 0. The molecule has 0 aliphatic carbocycles. The van der Waals surface area contributed by atoms with Crippen LogP contribution < -0.4 is 0 Å². The Labute approximate surface area is 76.8 Å². The maximum Gasteiger partial charge on any atom is 0.445 e. The lowest BCUT2D eigenvalue weighted by Gasteiger charge is -1.83. The number of rotatable bonds is 2. The minimum Gasteiger partial charge on any atom is -0.185 e. The van der Waals surface area contributed by atoms with Gasteiger partial charge in [0.15, 0.2) is 33.7 Å². The molecular formula is Cl4N2O2PS+. The van der Waals surface area contributed by atoms with E-state index in [1.165, 1.54) is 0 Å². The first kappa shape index (κ1) is 11.1. The molecule has 0 aromatic heterocycles. The molecule has 0 aliphatic heterocycles. The second-order valence-corrected chi connectivity index (χ2v) is 10.1. The number of halogens is 4. The summed E-state index contributed by atoms with van der Waals surface area (Å²) in [5.74, 6) is 0. The zero-order chi connectivity index (χ0) is 8.41. The molecule has 0 heterocycles. The molecule has 0 unspecified atom stereocenters. The van der Waals surface area contributed by atoms with Gasteiger partial charge < -0.3 is 0 Å². The van der Waals surface area contributed by atoms with E-state index in [0.29, 0.717) is 0 Å². The lowest BCUT2D eigenvalue weighted by molar-refractivity contribution is 0.609. The van der Waals surface area contributed by atoms with Crippen molar-refractivity contribution in [3.05, 3.63) is 0 Å². The van der Waals surface area contributed by atoms with Crippen LogP contribution in [0, 0.1) is 0 Å². The van der Waals surface area contributed by atoms with Crippen LogP contribution in [0.3, 0.4) is 0 Å². The second-order valence-electron chi connectivity index (χ2n) is 1.00. The molecule has 0 rings (SSSR count). The van der Waals surface area contributed by atoms with Gasteiger partial charge in [0.2, 0.25) is 0 Å². The van der Waals surface area contributed by atoms with Crippen LogP contribution in [0.1, 0.15) is 0 Å². The van der Waals surface area contributed by atoms with E-state index in [9.17, 15) is 8.42 Å². The maximum atomic E-state index is 10.0. The highest BCUT2D eigenvalue weighted by atomic mass is 36.1. The van der Waals surface area contributed by atoms with Crippen LogP contribution in [-0.2, 0) is 9.24 Å². The summed E-state index contributed by atoms with van der Waals surface area (Å²) >= 11 is 15.3. The normalized spacial score (nSPS) is 14.4. The summed E-state index contributed by atoms with van der Waals surface area (Å²) in [5, 5.41) is 0. The van der Waals surface area contributed by atoms with E-state index in [1.54, 1.807) is 0 Å². The highest BCUT2D eigenvalue weighted by molar-refractivity contribution is 8.31. The molecule has 10 heavy (non-hydrogen) atoms. The summed E-state index contributed by atoms with van der Waals surface area (Å²) in [6.07, 6.45) is 0. The van der Waals surface area contributed by atoms with Crippen molar-refractivity contribution in [1.29, 1.82) is 0 Å². The fraction of sp³-hybridized carbons (Fsp3) is 0. The fourth-order valence-corrected chi connectivity index (χ4v) is 1.76. The van der Waals surface area contributed by atoms with E-state index < -0.39 is 14.7 Å². The Bertz CT molecular complexity index is 226. The average molecular weight is 265 g/mol. The summed E-state index contributed by atoms with van der Waals surface area (Å²) in [7, 11) is 0.541. The highest BCUT2D eigenvalue weighted by Crippen LogP contribution is 2.75. The third kappa shape index (κ3) is 9.14. The Kier molecular flexibility index (Phi) is 4.12. The molecule has 0 radical (unpaired) electrons. The van der Waals surface area contributed by atoms with Gasteiger partial charge in [0.25, 0.3) is 0 Å². The van der Waals surface area contributed by atoms with Crippen molar-refractivity contribution in [2.24, 2.45) is 9.40 Å². The van der Waals surface area contributed by atoms with Crippen LogP contribution in [0.2, 0.25) is 0 Å². The van der Waals surface area contributed by atoms with Crippen LogP contribution >= 0.6 is 49.9 Å². The highest BCUT2D eigenvalue weighted by Gasteiger charge is 2.34. The minimum absolute atomic E-state index is 2.54. The lowest BCUT2D eigenvalue weighted by atomic mass is 13.2. The molecule has 0 atom stereocenters. The summed E-state index contributed by atoms with van der Waals surface area (Å²) in [6.45, 7) is 0. The van der Waals surface area contributed by atoms with Crippen molar-refractivity contribution < 1.29 is 8.42 Å². The monoisotopic (exact) mass is 263 g/mol. The lowest BCUT2D eigenvalue weighted by Crippen LogP contribution is -1.76. The Morgan fingerprint density at radius 3 is 1.70 bits per heavy atom. The molecule has 0 aliphatic rings. The van der Waals surface area contributed by atoms with Crippen molar-refractivity contribution >= 4 is 59.1 Å². The van der Waals surface area contributed by atoms with Gasteiger partial charge in [0.05, 0.1) is 0 Å². The SMILES string of the molecule is O=S(=O)(Cl)N=N[P+](Cl)(Cl)Cl. The maximum absolute atomic E-state index is 10.0. The second kappa shape index (κ2) is 3.70. The smallest absolute Gasteiger partial charge is 0.185 e. The molecule has 60 valence electrons. The molecular weight excluding hydrogens is 265 g/mol. The van der Waals surface area contributed by atoms with Crippen molar-refractivity contribution in [2.75, 3.05) is 0 Å². The van der Waals surface area contributed by atoms with E-state index >= 15 is 0 Å². The zero-order valence-corrected chi connectivity index (χ0v) is 8.81. The van der Waals surface area contributed by atoms with Crippen molar-refractivity contribution in [2.45, 2.75) is 0 Å². The van der Waals surface area contributed by atoms with Gasteiger partial charge in [-0.1, -0.05) is 0 Å². The van der Waals surface area contributed by atoms with Gasteiger partial charge in [-0.3, -0.25) is 0 Å². The topological polar surface area (TPSA) is 58.9 Å². The molecule has 0 amide bonds. The van der Waals surface area contributed by atoms with Gasteiger partial charge >= 0.3 is 14.7 Å². The van der Waals surface area contributed by atoms with Gasteiger partial charge in [-0.05, 0) is 4.52 Å². The zero-order valence-electron chi connectivity index (χ0n) is 4.08. The van der Waals surface area contributed by atoms with Crippen molar-refractivity contribution in [1.82, 2.24) is 0 Å². The molecule has 0 bridgehead atoms. The number of hydrogen-bond acceptors (Lipinski definition) is 3. The molecule has 0 fully saturated rings. The summed E-state index contributed by atoms with van der Waals surface area (Å²) in [6, 6.07) is 0. The van der Waals surface area contributed by atoms with Gasteiger partial charge in [-0.25, -0.2) is 0 Å². The Hall–Kier alpha value is 1.14. The van der Waals surface area contributed by atoms with Crippen LogP contribution in [0.5, 0.6) is 0 Å². The molecule has 0 N–H and O–H groups in total. The molecule has 4 nitrogen and oxygen atoms in total. The summed E-state index contributed by atoms with van der Waals surface area (Å²) in [4.78, 5) is 2.84. The minimum atomic E-state index is -4.05. The van der Waals surface area contributed by atoms with Crippen molar-refractivity contribution in [3.63, 3.8) is 0 Å². The Morgan fingerprint density at radius 1 is 1.20 bits per heavy atom. The van der Waals surface area contributed by atoms with Gasteiger partial charge in [-0.15, -0.1) is 0 Å². The van der Waals surface area contributed by atoms with E-state index in [0.717, 1.165) is 0 Å². The van der Waals surface area contributed by atoms with Gasteiger partial charge in [0, 0.05) is 15.6 Å². The first-order valence-electron chi connectivity index (χ1n) is 1.58. The van der Waals surface area contributed by atoms with Crippen LogP contribution in [0.4, 0.5) is 0 Å². The third-order valence-corrected chi connectivity index (χ3v) is 1.72. The Balaban J connectivity index is 4.31. The van der Waals surface area contributed by atoms with E-state index in [1.807, 2.05) is 0 Å². The summed E-state index contributed by atoms with van der Waals surface area (Å²) in [5.41, 5.74) is -3.10. The van der Waals surface area contributed by atoms with Crippen LogP contribution in [-0.4, -0.2) is 8.42 Å². The third-order valence-electron chi connectivity index (χ3n) is 0.235. The predicted molar refractivity (Wildman–Crippen MR) is 44.1 cm³/mol. The Morgan fingerprint density at radius 2 is 1.60 bits per heavy atom. The largest absolute Gasteiger partial charge is 0.445 e. The van der Waals surface area contributed by atoms with E-state index in [2.05, 4.69) is 20.1 Å². The quantitative estimate of drug-likeness (QED) is 0.436. The average Bonchev–Trinajstić information content (AvgIpc) is 1.57. The van der Waals surface area contributed by atoms with E-state index in [-0.39, 0.29) is 0 Å². The molecule has 0 saturated heterocycles. The standard InChI is InChI=1S/Cl4N2O2PS/c1-9(2,3)5-6-10(4,7)8/q+1. The van der Waals surface area contributed by atoms with Crippen LogP contribution in [0.25, 0.3) is 0 Å². The molecule has 0 saturated carbocycles. The van der Waals surface area contributed by atoms with Gasteiger partial charge in [-0.2, -0.15) is 8.42 Å². The number of nitrogens with zero attached hydrogens (tertiary/aromatic N) is 2. The molecule has 0 aromatic rings. The van der Waals surface area contributed by atoms with E-state index in [4.69, 9.17) is 33.7 Å². The predicted octanol–water partition coefficient (Wildman–Crippen LogP) is 3.32. The summed E-state index contributed by atoms with van der Waals surface area (Å²) < 4.78 is 22.6. The first-order valence-corrected chi connectivity index (χ1v) is 8.30.